The molecule has 0 amide bonds. The summed E-state index contributed by atoms with van der Waals surface area (Å²) in [6.07, 6.45) is 0. The van der Waals surface area contributed by atoms with Crippen LogP contribution in [-0.2, 0) is 19.6 Å². The van der Waals surface area contributed by atoms with Crippen molar-refractivity contribution in [3.05, 3.63) is 10.1 Å². The van der Waals surface area contributed by atoms with E-state index in [1.54, 1.807) is 0 Å². The van der Waals surface area contributed by atoms with Crippen LogP contribution in [0.3, 0.4) is 0 Å². The van der Waals surface area contributed by atoms with Crippen molar-refractivity contribution in [2.24, 2.45) is 0 Å². The minimum atomic E-state index is -5.05. The molecule has 0 saturated carbocycles. The van der Waals surface area contributed by atoms with Crippen molar-refractivity contribution in [3.8, 4) is 0 Å². The SMILES string of the molecule is COC(=O)C([N+](=O)[O-])S(=O)(=O)O. The molecule has 0 aliphatic heterocycles. The molecule has 0 aromatic heterocycles. The van der Waals surface area contributed by atoms with Crippen molar-refractivity contribution >= 4 is 16.1 Å². The van der Waals surface area contributed by atoms with Gasteiger partial charge in [-0.25, -0.2) is 4.79 Å². The molecule has 8 nitrogen and oxygen atoms in total. The maximum Gasteiger partial charge on any atom is 0.428 e. The third kappa shape index (κ3) is 2.43. The standard InChI is InChI=1S/C3H5NO7S/c1-11-3(5)2(4(6)7)12(8,9)10/h2H,1H3,(H,8,9,10). The molecule has 0 rings (SSSR count). The van der Waals surface area contributed by atoms with E-state index in [-0.39, 0.29) is 0 Å². The lowest BCUT2D eigenvalue weighted by atomic mass is 10.7. The van der Waals surface area contributed by atoms with Crippen LogP contribution in [0.1, 0.15) is 0 Å². The number of nitro groups is 1. The van der Waals surface area contributed by atoms with E-state index in [2.05, 4.69) is 4.74 Å². The Balaban J connectivity index is 4.95. The quantitative estimate of drug-likeness (QED) is 0.258. The molecular weight excluding hydrogens is 194 g/mol. The van der Waals surface area contributed by atoms with Crippen molar-refractivity contribution in [3.63, 3.8) is 0 Å². The molecule has 0 heterocycles. The molecule has 0 aliphatic carbocycles. The summed E-state index contributed by atoms with van der Waals surface area (Å²) in [4.78, 5) is 18.9. The van der Waals surface area contributed by atoms with Gasteiger partial charge in [-0.2, -0.15) is 8.42 Å². The number of esters is 1. The van der Waals surface area contributed by atoms with Gasteiger partial charge in [0, 0.05) is 0 Å². The number of hydrogen-bond acceptors (Lipinski definition) is 6. The fraction of sp³-hybridized carbons (Fsp3) is 0.667. The molecule has 1 N–H and O–H groups in total. The zero-order valence-electron chi connectivity index (χ0n) is 5.83. The molecule has 0 fully saturated rings. The van der Waals surface area contributed by atoms with Crippen LogP contribution in [0.2, 0.25) is 0 Å². The average Bonchev–Trinajstić information content (AvgIpc) is 1.83. The van der Waals surface area contributed by atoms with E-state index in [0.717, 1.165) is 7.11 Å². The summed E-state index contributed by atoms with van der Waals surface area (Å²) < 4.78 is 32.3. The maximum absolute atomic E-state index is 10.4. The van der Waals surface area contributed by atoms with Gasteiger partial charge in [0.15, 0.2) is 0 Å². The van der Waals surface area contributed by atoms with Crippen molar-refractivity contribution in [1.82, 2.24) is 0 Å². The third-order valence-corrected chi connectivity index (χ3v) is 1.81. The Labute approximate surface area is 67.0 Å². The smallest absolute Gasteiger partial charge is 0.428 e. The van der Waals surface area contributed by atoms with Gasteiger partial charge in [-0.15, -0.1) is 0 Å². The van der Waals surface area contributed by atoms with Crippen molar-refractivity contribution < 1.29 is 27.4 Å². The lowest BCUT2D eigenvalue weighted by Crippen LogP contribution is -2.37. The summed E-state index contributed by atoms with van der Waals surface area (Å²) >= 11 is 0. The molecule has 0 aromatic rings. The Hall–Kier alpha value is -1.22. The molecule has 9 heteroatoms. The van der Waals surface area contributed by atoms with Gasteiger partial charge in [0.05, 0.1) is 12.0 Å². The van der Waals surface area contributed by atoms with E-state index in [9.17, 15) is 23.3 Å². The van der Waals surface area contributed by atoms with Gasteiger partial charge in [-0.05, 0) is 0 Å². The van der Waals surface area contributed by atoms with Crippen molar-refractivity contribution in [1.29, 1.82) is 0 Å². The van der Waals surface area contributed by atoms with Gasteiger partial charge in [-0.1, -0.05) is 0 Å². The predicted molar refractivity (Wildman–Crippen MR) is 34.3 cm³/mol. The second-order valence-electron chi connectivity index (χ2n) is 1.68. The molecule has 1 atom stereocenters. The molecule has 70 valence electrons. The highest BCUT2D eigenvalue weighted by Gasteiger charge is 2.43. The Morgan fingerprint density at radius 2 is 2.08 bits per heavy atom. The normalized spacial score (nSPS) is 13.5. The summed E-state index contributed by atoms with van der Waals surface area (Å²) in [6.45, 7) is 0. The predicted octanol–water partition coefficient (Wildman–Crippen LogP) is -1.35. The lowest BCUT2D eigenvalue weighted by molar-refractivity contribution is -0.487. The van der Waals surface area contributed by atoms with Crippen molar-refractivity contribution in [2.45, 2.75) is 5.37 Å². The van der Waals surface area contributed by atoms with E-state index >= 15 is 0 Å². The van der Waals surface area contributed by atoms with E-state index in [1.807, 2.05) is 0 Å². The molecule has 1 unspecified atom stereocenters. The summed E-state index contributed by atoms with van der Waals surface area (Å²) in [6, 6.07) is 0. The molecular formula is C3H5NO7S. The zero-order chi connectivity index (χ0) is 9.94. The third-order valence-electron chi connectivity index (χ3n) is 0.876. The van der Waals surface area contributed by atoms with E-state index in [1.165, 1.54) is 0 Å². The van der Waals surface area contributed by atoms with E-state index in [0.29, 0.717) is 0 Å². The topological polar surface area (TPSA) is 124 Å². The van der Waals surface area contributed by atoms with Gasteiger partial charge >= 0.3 is 21.5 Å². The van der Waals surface area contributed by atoms with Gasteiger partial charge in [0.25, 0.3) is 0 Å². The highest BCUT2D eigenvalue weighted by Crippen LogP contribution is 2.01. The second kappa shape index (κ2) is 3.45. The van der Waals surface area contributed by atoms with E-state index in [4.69, 9.17) is 4.55 Å². The van der Waals surface area contributed by atoms with Crippen LogP contribution in [0, 0.1) is 10.1 Å². The maximum atomic E-state index is 10.4. The summed E-state index contributed by atoms with van der Waals surface area (Å²) in [5.74, 6) is -1.64. The highest BCUT2D eigenvalue weighted by molar-refractivity contribution is 7.87. The number of ether oxygens (including phenoxy) is 1. The van der Waals surface area contributed by atoms with Crippen molar-refractivity contribution in [2.75, 3.05) is 7.11 Å². The number of nitrogens with zero attached hydrogens (tertiary/aromatic N) is 1. The van der Waals surface area contributed by atoms with Crippen LogP contribution < -0.4 is 0 Å². The van der Waals surface area contributed by atoms with Gasteiger partial charge in [-0.3, -0.25) is 14.7 Å². The Morgan fingerprint density at radius 3 is 2.17 bits per heavy atom. The number of methoxy groups -OCH3 is 1. The lowest BCUT2D eigenvalue weighted by Gasteiger charge is -2.02. The van der Waals surface area contributed by atoms with Crippen LogP contribution in [0.15, 0.2) is 0 Å². The zero-order valence-corrected chi connectivity index (χ0v) is 6.65. The molecule has 0 saturated heterocycles. The largest absolute Gasteiger partial charge is 0.463 e. The number of carbonyl (C=O) groups is 1. The second-order valence-corrected chi connectivity index (χ2v) is 3.15. The molecule has 0 spiro atoms. The van der Waals surface area contributed by atoms with Crippen LogP contribution in [0.5, 0.6) is 0 Å². The number of carbonyl (C=O) groups excluding carboxylic acids is 1. The van der Waals surface area contributed by atoms with E-state index < -0.39 is 26.4 Å². The fourth-order valence-electron chi connectivity index (χ4n) is 0.417. The van der Waals surface area contributed by atoms with Crippen LogP contribution in [0.4, 0.5) is 0 Å². The average molecular weight is 199 g/mol. The first-order valence-electron chi connectivity index (χ1n) is 2.48. The monoisotopic (exact) mass is 199 g/mol. The van der Waals surface area contributed by atoms with Crippen LogP contribution in [0.25, 0.3) is 0 Å². The molecule has 0 aromatic carbocycles. The summed E-state index contributed by atoms with van der Waals surface area (Å²) in [5.41, 5.74) is 0. The Morgan fingerprint density at radius 1 is 1.67 bits per heavy atom. The van der Waals surface area contributed by atoms with Crippen LogP contribution in [-0.4, -0.2) is 36.3 Å². The first-order chi connectivity index (χ1) is 5.30. The fourth-order valence-corrected chi connectivity index (χ4v) is 0.974. The number of rotatable bonds is 3. The Bertz CT molecular complexity index is 292. The molecule has 0 radical (unpaired) electrons. The first-order valence-corrected chi connectivity index (χ1v) is 3.98. The van der Waals surface area contributed by atoms with Gasteiger partial charge in [0.2, 0.25) is 0 Å². The minimum absolute atomic E-state index is 0.768. The van der Waals surface area contributed by atoms with Gasteiger partial charge in [0.1, 0.15) is 0 Å². The summed E-state index contributed by atoms with van der Waals surface area (Å²) in [7, 11) is -4.28. The molecule has 12 heavy (non-hydrogen) atoms. The highest BCUT2D eigenvalue weighted by atomic mass is 32.2. The first kappa shape index (κ1) is 10.8. The van der Waals surface area contributed by atoms with Crippen LogP contribution >= 0.6 is 0 Å². The number of hydrogen-bond donors (Lipinski definition) is 1. The molecule has 0 bridgehead atoms. The minimum Gasteiger partial charge on any atom is -0.463 e. The Kier molecular flexibility index (Phi) is 3.10. The molecule has 0 aliphatic rings. The van der Waals surface area contributed by atoms with Gasteiger partial charge < -0.3 is 4.74 Å². The summed E-state index contributed by atoms with van der Waals surface area (Å²) in [5, 5.41) is 7.15.